The van der Waals surface area contributed by atoms with Gasteiger partial charge in [-0.1, -0.05) is 11.6 Å². The van der Waals surface area contributed by atoms with Crippen LogP contribution >= 0.6 is 11.6 Å². The molecule has 1 aliphatic heterocycles. The van der Waals surface area contributed by atoms with Crippen LogP contribution in [-0.4, -0.2) is 24.1 Å². The van der Waals surface area contributed by atoms with Gasteiger partial charge in [0.1, 0.15) is 11.9 Å². The van der Waals surface area contributed by atoms with Gasteiger partial charge in [0.15, 0.2) is 5.75 Å². The number of rotatable bonds is 3. The second kappa shape index (κ2) is 5.49. The van der Waals surface area contributed by atoms with Crippen molar-refractivity contribution in [2.45, 2.75) is 18.9 Å². The van der Waals surface area contributed by atoms with Crippen LogP contribution in [0.25, 0.3) is 0 Å². The van der Waals surface area contributed by atoms with Gasteiger partial charge < -0.3 is 10.1 Å². The quantitative estimate of drug-likeness (QED) is 0.679. The van der Waals surface area contributed by atoms with Crippen molar-refractivity contribution in [3.8, 4) is 5.75 Å². The number of halogens is 2. The van der Waals surface area contributed by atoms with E-state index in [9.17, 15) is 14.5 Å². The van der Waals surface area contributed by atoms with E-state index in [4.69, 9.17) is 16.3 Å². The van der Waals surface area contributed by atoms with Crippen molar-refractivity contribution in [2.24, 2.45) is 0 Å². The minimum absolute atomic E-state index is 0.0735. The molecule has 98 valence electrons. The van der Waals surface area contributed by atoms with E-state index in [-0.39, 0.29) is 22.6 Å². The largest absolute Gasteiger partial charge is 0.482 e. The first-order valence-electron chi connectivity index (χ1n) is 5.58. The minimum Gasteiger partial charge on any atom is -0.482 e. The topological polar surface area (TPSA) is 64.4 Å². The van der Waals surface area contributed by atoms with E-state index >= 15 is 0 Å². The fraction of sp³-hybridized carbons (Fsp3) is 0.455. The molecular weight excluding hydrogens is 263 g/mol. The maximum atomic E-state index is 13.3. The minimum atomic E-state index is -0.721. The molecule has 0 spiro atoms. The van der Waals surface area contributed by atoms with Crippen molar-refractivity contribution >= 4 is 17.3 Å². The van der Waals surface area contributed by atoms with Crippen molar-refractivity contribution in [1.29, 1.82) is 0 Å². The molecule has 1 saturated heterocycles. The Kier molecular flexibility index (Phi) is 3.98. The first kappa shape index (κ1) is 13.0. The third kappa shape index (κ3) is 2.88. The van der Waals surface area contributed by atoms with Gasteiger partial charge in [-0.2, -0.15) is 0 Å². The summed E-state index contributed by atoms with van der Waals surface area (Å²) < 4.78 is 18.8. The lowest BCUT2D eigenvalue weighted by Crippen LogP contribution is -2.37. The lowest BCUT2D eigenvalue weighted by Gasteiger charge is -2.23. The standard InChI is InChI=1S/C11H12ClFN2O3/c12-8-4-10(15(16)17)11(5-9(8)13)18-7-2-1-3-14-6-7/h4-5,7,14H,1-3,6H2. The van der Waals surface area contributed by atoms with Gasteiger partial charge in [0.05, 0.1) is 9.95 Å². The molecule has 1 aromatic rings. The molecule has 0 amide bonds. The van der Waals surface area contributed by atoms with Gasteiger partial charge in [0, 0.05) is 18.7 Å². The molecule has 0 radical (unpaired) electrons. The summed E-state index contributed by atoms with van der Waals surface area (Å²) in [5.41, 5.74) is -0.313. The van der Waals surface area contributed by atoms with Crippen molar-refractivity contribution in [3.63, 3.8) is 0 Å². The maximum Gasteiger partial charge on any atom is 0.312 e. The van der Waals surface area contributed by atoms with Crippen LogP contribution in [0.4, 0.5) is 10.1 Å². The molecule has 18 heavy (non-hydrogen) atoms. The predicted molar refractivity (Wildman–Crippen MR) is 64.6 cm³/mol. The van der Waals surface area contributed by atoms with E-state index in [1.54, 1.807) is 0 Å². The van der Waals surface area contributed by atoms with E-state index in [1.807, 2.05) is 0 Å². The number of nitrogens with zero attached hydrogens (tertiary/aromatic N) is 1. The summed E-state index contributed by atoms with van der Waals surface area (Å²) in [5, 5.41) is 13.7. The number of nitro groups is 1. The molecular formula is C11H12ClFN2O3. The molecule has 7 heteroatoms. The van der Waals surface area contributed by atoms with Crippen LogP contribution in [0.15, 0.2) is 12.1 Å². The van der Waals surface area contributed by atoms with Gasteiger partial charge >= 0.3 is 5.69 Å². The highest BCUT2D eigenvalue weighted by atomic mass is 35.5. The van der Waals surface area contributed by atoms with E-state index < -0.39 is 10.7 Å². The molecule has 1 aromatic carbocycles. The van der Waals surface area contributed by atoms with Crippen molar-refractivity contribution in [3.05, 3.63) is 33.1 Å². The van der Waals surface area contributed by atoms with Crippen LogP contribution in [0.3, 0.4) is 0 Å². The lowest BCUT2D eigenvalue weighted by atomic mass is 10.1. The van der Waals surface area contributed by atoms with Gasteiger partial charge in [-0.3, -0.25) is 10.1 Å². The lowest BCUT2D eigenvalue weighted by molar-refractivity contribution is -0.386. The first-order valence-corrected chi connectivity index (χ1v) is 5.96. The monoisotopic (exact) mass is 274 g/mol. The zero-order chi connectivity index (χ0) is 13.1. The number of hydrogen-bond acceptors (Lipinski definition) is 4. The Bertz CT molecular complexity index is 464. The molecule has 0 bridgehead atoms. The van der Waals surface area contributed by atoms with Crippen molar-refractivity contribution in [1.82, 2.24) is 5.32 Å². The number of benzene rings is 1. The second-order valence-electron chi connectivity index (χ2n) is 4.08. The molecule has 0 saturated carbocycles. The smallest absolute Gasteiger partial charge is 0.312 e. The number of nitrogens with one attached hydrogen (secondary N) is 1. The summed E-state index contributed by atoms with van der Waals surface area (Å²) in [6.45, 7) is 1.50. The van der Waals surface area contributed by atoms with Crippen LogP contribution in [-0.2, 0) is 0 Å². The second-order valence-corrected chi connectivity index (χ2v) is 4.48. The summed E-state index contributed by atoms with van der Waals surface area (Å²) in [5.74, 6) is -0.795. The van der Waals surface area contributed by atoms with E-state index in [0.29, 0.717) is 6.54 Å². The SMILES string of the molecule is O=[N+]([O-])c1cc(Cl)c(F)cc1OC1CCCNC1. The molecule has 1 unspecified atom stereocenters. The summed E-state index contributed by atoms with van der Waals surface area (Å²) in [4.78, 5) is 10.2. The highest BCUT2D eigenvalue weighted by molar-refractivity contribution is 6.31. The first-order chi connectivity index (χ1) is 8.58. The van der Waals surface area contributed by atoms with Crippen LogP contribution in [0, 0.1) is 15.9 Å². The Hall–Kier alpha value is -1.40. The molecule has 2 rings (SSSR count). The third-order valence-electron chi connectivity index (χ3n) is 2.74. The highest BCUT2D eigenvalue weighted by Gasteiger charge is 2.23. The number of piperidine rings is 1. The maximum absolute atomic E-state index is 13.3. The van der Waals surface area contributed by atoms with Crippen LogP contribution < -0.4 is 10.1 Å². The average Bonchev–Trinajstić information content (AvgIpc) is 2.34. The van der Waals surface area contributed by atoms with E-state index in [2.05, 4.69) is 5.32 Å². The predicted octanol–water partition coefficient (Wildman–Crippen LogP) is 2.52. The number of hydrogen-bond donors (Lipinski definition) is 1. The number of nitro benzene ring substituents is 1. The normalized spacial score (nSPS) is 19.6. The zero-order valence-electron chi connectivity index (χ0n) is 9.49. The Morgan fingerprint density at radius 1 is 1.56 bits per heavy atom. The van der Waals surface area contributed by atoms with Crippen LogP contribution in [0.5, 0.6) is 5.75 Å². The number of ether oxygens (including phenoxy) is 1. The highest BCUT2D eigenvalue weighted by Crippen LogP contribution is 2.33. The summed E-state index contributed by atoms with van der Waals surface area (Å²) in [6.07, 6.45) is 1.53. The van der Waals surface area contributed by atoms with Gasteiger partial charge in [-0.25, -0.2) is 4.39 Å². The molecule has 1 atom stereocenters. The average molecular weight is 275 g/mol. The molecule has 0 aromatic heterocycles. The molecule has 0 aliphatic carbocycles. The van der Waals surface area contributed by atoms with Gasteiger partial charge in [0.2, 0.25) is 0 Å². The van der Waals surface area contributed by atoms with Crippen LogP contribution in [0.2, 0.25) is 5.02 Å². The van der Waals surface area contributed by atoms with Gasteiger partial charge in [-0.15, -0.1) is 0 Å². The van der Waals surface area contributed by atoms with Crippen molar-refractivity contribution < 1.29 is 14.1 Å². The molecule has 5 nitrogen and oxygen atoms in total. The molecule has 1 N–H and O–H groups in total. The zero-order valence-corrected chi connectivity index (χ0v) is 10.2. The Balaban J connectivity index is 2.24. The Morgan fingerprint density at radius 3 is 2.94 bits per heavy atom. The Labute approximate surface area is 108 Å². The van der Waals surface area contributed by atoms with E-state index in [1.165, 1.54) is 0 Å². The van der Waals surface area contributed by atoms with Crippen LogP contribution in [0.1, 0.15) is 12.8 Å². The summed E-state index contributed by atoms with van der Waals surface area (Å²) in [7, 11) is 0. The molecule has 1 aliphatic rings. The van der Waals surface area contributed by atoms with Gasteiger partial charge in [-0.05, 0) is 19.4 Å². The van der Waals surface area contributed by atoms with Gasteiger partial charge in [0.25, 0.3) is 0 Å². The fourth-order valence-electron chi connectivity index (χ4n) is 1.86. The summed E-state index contributed by atoms with van der Waals surface area (Å²) in [6, 6.07) is 1.94. The molecule has 1 heterocycles. The Morgan fingerprint density at radius 2 is 2.33 bits per heavy atom. The fourth-order valence-corrected chi connectivity index (χ4v) is 2.01. The van der Waals surface area contributed by atoms with Crippen molar-refractivity contribution in [2.75, 3.05) is 13.1 Å². The summed E-state index contributed by atoms with van der Waals surface area (Å²) >= 11 is 5.53. The third-order valence-corrected chi connectivity index (χ3v) is 3.03. The van der Waals surface area contributed by atoms with E-state index in [0.717, 1.165) is 31.5 Å². The molecule has 1 fully saturated rings.